The molecule has 0 radical (unpaired) electrons. The third kappa shape index (κ3) is 1.74. The number of phenolic OH excluding ortho intramolecular Hbond substituents is 1. The predicted octanol–water partition coefficient (Wildman–Crippen LogP) is 3.02. The molecular formula is C19H14O7. The van der Waals surface area contributed by atoms with Gasteiger partial charge in [0.05, 0.1) is 32.0 Å². The minimum Gasteiger partial charge on any atom is -0.504 e. The van der Waals surface area contributed by atoms with Crippen LogP contribution in [0.1, 0.15) is 11.5 Å². The average molecular weight is 354 g/mol. The highest BCUT2D eigenvalue weighted by Crippen LogP contribution is 2.49. The summed E-state index contributed by atoms with van der Waals surface area (Å²) in [5.74, 6) is 0.813. The molecule has 1 aromatic heterocycles. The van der Waals surface area contributed by atoms with Crippen molar-refractivity contribution in [3.05, 3.63) is 46.3 Å². The van der Waals surface area contributed by atoms with Crippen LogP contribution < -0.4 is 19.6 Å². The van der Waals surface area contributed by atoms with Crippen molar-refractivity contribution >= 4 is 21.9 Å². The summed E-state index contributed by atoms with van der Waals surface area (Å²) in [7, 11) is 2.92. The normalized spacial score (nSPS) is 19.9. The number of benzene rings is 2. The SMILES string of the molecule is COc1ccc(O)c2oc3c4c(cc(OC)c3c(=O)c12)OC1OC=CC41. The Bertz CT molecular complexity index is 1160. The zero-order valence-electron chi connectivity index (χ0n) is 13.9. The highest BCUT2D eigenvalue weighted by Gasteiger charge is 2.41. The minimum absolute atomic E-state index is 0.0589. The number of methoxy groups -OCH3 is 2. The van der Waals surface area contributed by atoms with Crippen molar-refractivity contribution in [2.75, 3.05) is 14.2 Å². The first-order chi connectivity index (χ1) is 12.6. The number of ether oxygens (including phenoxy) is 4. The fourth-order valence-corrected chi connectivity index (χ4v) is 3.63. The standard InChI is InChI=1S/C19H14O7/c1-22-10-4-3-9(20)17-14(10)16(21)15-11(23-2)7-12-13(18(15)26-17)8-5-6-24-19(8)25-12/h3-8,19-20H,1-2H3. The van der Waals surface area contributed by atoms with E-state index < -0.39 is 6.29 Å². The van der Waals surface area contributed by atoms with Crippen LogP contribution in [-0.4, -0.2) is 25.6 Å². The number of aromatic hydroxyl groups is 1. The van der Waals surface area contributed by atoms with Gasteiger partial charge in [-0.1, -0.05) is 0 Å². The molecule has 2 atom stereocenters. The van der Waals surface area contributed by atoms with Gasteiger partial charge in [0.1, 0.15) is 33.6 Å². The Morgan fingerprint density at radius 3 is 2.62 bits per heavy atom. The first-order valence-electron chi connectivity index (χ1n) is 8.00. The summed E-state index contributed by atoms with van der Waals surface area (Å²) in [4.78, 5) is 13.3. The van der Waals surface area contributed by atoms with Gasteiger partial charge in [0.25, 0.3) is 6.29 Å². The topological polar surface area (TPSA) is 87.4 Å². The molecule has 3 heterocycles. The quantitative estimate of drug-likeness (QED) is 0.708. The summed E-state index contributed by atoms with van der Waals surface area (Å²) in [6, 6.07) is 4.60. The van der Waals surface area contributed by atoms with Crippen molar-refractivity contribution in [3.8, 4) is 23.0 Å². The fraction of sp³-hybridized carbons (Fsp3) is 0.211. The third-order valence-electron chi connectivity index (χ3n) is 4.81. The molecule has 0 amide bonds. The zero-order chi connectivity index (χ0) is 18.0. The lowest BCUT2D eigenvalue weighted by Crippen LogP contribution is -2.14. The Morgan fingerprint density at radius 1 is 1.08 bits per heavy atom. The monoisotopic (exact) mass is 354 g/mol. The van der Waals surface area contributed by atoms with Crippen LogP contribution in [0.15, 0.2) is 39.7 Å². The van der Waals surface area contributed by atoms with Crippen molar-refractivity contribution in [1.29, 1.82) is 0 Å². The number of rotatable bonds is 2. The molecule has 0 saturated carbocycles. The van der Waals surface area contributed by atoms with Crippen molar-refractivity contribution in [3.63, 3.8) is 0 Å². The van der Waals surface area contributed by atoms with Crippen molar-refractivity contribution in [1.82, 2.24) is 0 Å². The van der Waals surface area contributed by atoms with Gasteiger partial charge in [0.15, 0.2) is 11.3 Å². The maximum Gasteiger partial charge on any atom is 0.250 e. The molecule has 0 spiro atoms. The molecular weight excluding hydrogens is 340 g/mol. The molecule has 2 aromatic carbocycles. The largest absolute Gasteiger partial charge is 0.504 e. The molecule has 1 N–H and O–H groups in total. The van der Waals surface area contributed by atoms with Gasteiger partial charge in [-0.25, -0.2) is 0 Å². The Labute approximate surface area is 146 Å². The van der Waals surface area contributed by atoms with Gasteiger partial charge in [-0.3, -0.25) is 4.79 Å². The Morgan fingerprint density at radius 2 is 1.85 bits per heavy atom. The van der Waals surface area contributed by atoms with Crippen LogP contribution in [0.4, 0.5) is 0 Å². The first kappa shape index (κ1) is 14.9. The zero-order valence-corrected chi connectivity index (χ0v) is 13.9. The summed E-state index contributed by atoms with van der Waals surface area (Å²) in [5, 5.41) is 10.7. The smallest absolute Gasteiger partial charge is 0.250 e. The third-order valence-corrected chi connectivity index (χ3v) is 4.81. The highest BCUT2D eigenvalue weighted by molar-refractivity contribution is 6.00. The molecule has 7 heteroatoms. The molecule has 0 aliphatic carbocycles. The van der Waals surface area contributed by atoms with Gasteiger partial charge >= 0.3 is 0 Å². The number of fused-ring (bicyclic) bond motifs is 6. The van der Waals surface area contributed by atoms with Crippen LogP contribution in [0.25, 0.3) is 21.9 Å². The van der Waals surface area contributed by atoms with Gasteiger partial charge in [-0.2, -0.15) is 0 Å². The van der Waals surface area contributed by atoms with Crippen molar-refractivity contribution in [2.24, 2.45) is 0 Å². The molecule has 0 fully saturated rings. The Kier molecular flexibility index (Phi) is 2.92. The maximum absolute atomic E-state index is 13.3. The summed E-state index contributed by atoms with van der Waals surface area (Å²) in [6.07, 6.45) is 2.91. The summed E-state index contributed by atoms with van der Waals surface area (Å²) >= 11 is 0. The van der Waals surface area contributed by atoms with E-state index in [2.05, 4.69) is 0 Å². The van der Waals surface area contributed by atoms with Gasteiger partial charge in [-0.05, 0) is 18.2 Å². The second-order valence-corrected chi connectivity index (χ2v) is 6.09. The van der Waals surface area contributed by atoms with E-state index in [0.29, 0.717) is 28.4 Å². The Balaban J connectivity index is 2.00. The van der Waals surface area contributed by atoms with Gasteiger partial charge in [-0.15, -0.1) is 0 Å². The van der Waals surface area contributed by atoms with Crippen LogP contribution in [0, 0.1) is 0 Å². The average Bonchev–Trinajstić information content (AvgIpc) is 3.22. The lowest BCUT2D eigenvalue weighted by molar-refractivity contribution is -0.00484. The van der Waals surface area contributed by atoms with E-state index in [9.17, 15) is 9.90 Å². The molecule has 7 nitrogen and oxygen atoms in total. The van der Waals surface area contributed by atoms with Crippen LogP contribution >= 0.6 is 0 Å². The number of phenols is 1. The van der Waals surface area contributed by atoms with E-state index in [0.717, 1.165) is 0 Å². The van der Waals surface area contributed by atoms with E-state index in [1.807, 2.05) is 6.08 Å². The predicted molar refractivity (Wildman–Crippen MR) is 92.1 cm³/mol. The highest BCUT2D eigenvalue weighted by atomic mass is 16.7. The van der Waals surface area contributed by atoms with Crippen LogP contribution in [0.3, 0.4) is 0 Å². The molecule has 3 aromatic rings. The van der Waals surface area contributed by atoms with E-state index >= 15 is 0 Å². The molecule has 0 bridgehead atoms. The first-order valence-corrected chi connectivity index (χ1v) is 8.00. The molecule has 2 unspecified atom stereocenters. The van der Waals surface area contributed by atoms with E-state index in [1.165, 1.54) is 26.4 Å². The van der Waals surface area contributed by atoms with Gasteiger partial charge in [0, 0.05) is 6.07 Å². The van der Waals surface area contributed by atoms with E-state index in [4.69, 9.17) is 23.4 Å². The summed E-state index contributed by atoms with van der Waals surface area (Å²) < 4.78 is 27.9. The summed E-state index contributed by atoms with van der Waals surface area (Å²) in [6.45, 7) is 0. The molecule has 0 saturated heterocycles. The maximum atomic E-state index is 13.3. The number of hydrogen-bond donors (Lipinski definition) is 1. The van der Waals surface area contributed by atoms with E-state index in [-0.39, 0.29) is 33.5 Å². The number of hydrogen-bond acceptors (Lipinski definition) is 7. The van der Waals surface area contributed by atoms with Gasteiger partial charge < -0.3 is 28.5 Å². The fourth-order valence-electron chi connectivity index (χ4n) is 3.63. The second-order valence-electron chi connectivity index (χ2n) is 6.09. The molecule has 5 rings (SSSR count). The second kappa shape index (κ2) is 5.08. The van der Waals surface area contributed by atoms with Gasteiger partial charge in [0.2, 0.25) is 5.43 Å². The van der Waals surface area contributed by atoms with Crippen molar-refractivity contribution < 1.29 is 28.5 Å². The lowest BCUT2D eigenvalue weighted by Gasteiger charge is -2.12. The minimum atomic E-state index is -0.500. The summed E-state index contributed by atoms with van der Waals surface area (Å²) in [5.41, 5.74) is 0.715. The van der Waals surface area contributed by atoms with Crippen molar-refractivity contribution in [2.45, 2.75) is 12.2 Å². The molecule has 2 aliphatic heterocycles. The molecule has 2 aliphatic rings. The van der Waals surface area contributed by atoms with Crippen LogP contribution in [-0.2, 0) is 4.74 Å². The molecule has 132 valence electrons. The van der Waals surface area contributed by atoms with Crippen LogP contribution in [0.5, 0.6) is 23.0 Å². The lowest BCUT2D eigenvalue weighted by atomic mass is 9.97. The molecule has 26 heavy (non-hydrogen) atoms. The van der Waals surface area contributed by atoms with E-state index in [1.54, 1.807) is 12.3 Å². The van der Waals surface area contributed by atoms with Crippen LogP contribution in [0.2, 0.25) is 0 Å². The Hall–Kier alpha value is -3.35.